The molecule has 1 atom stereocenters. The maximum atomic E-state index is 11.1. The molecule has 0 aromatic carbocycles. The van der Waals surface area contributed by atoms with Gasteiger partial charge in [-0.1, -0.05) is 0 Å². The van der Waals surface area contributed by atoms with Gasteiger partial charge in [-0.3, -0.25) is 14.8 Å². The van der Waals surface area contributed by atoms with Crippen molar-refractivity contribution in [3.8, 4) is 0 Å². The third-order valence-electron chi connectivity index (χ3n) is 3.82. The number of piperidine rings is 1. The molecule has 7 nitrogen and oxygen atoms in total. The molecule has 1 saturated heterocycles. The highest BCUT2D eigenvalue weighted by Gasteiger charge is 2.24. The van der Waals surface area contributed by atoms with Crippen LogP contribution in [0.1, 0.15) is 46.6 Å². The van der Waals surface area contributed by atoms with Crippen molar-refractivity contribution < 1.29 is 9.21 Å². The molecular weight excluding hydrogens is 270 g/mol. The Morgan fingerprint density at radius 1 is 1.62 bits per heavy atom. The van der Waals surface area contributed by atoms with Gasteiger partial charge in [-0.05, 0) is 32.4 Å². The van der Waals surface area contributed by atoms with E-state index in [0.717, 1.165) is 43.3 Å². The van der Waals surface area contributed by atoms with Crippen molar-refractivity contribution in [1.82, 2.24) is 20.1 Å². The van der Waals surface area contributed by atoms with Gasteiger partial charge >= 0.3 is 0 Å². The van der Waals surface area contributed by atoms with Crippen LogP contribution in [0, 0.1) is 6.92 Å². The van der Waals surface area contributed by atoms with E-state index in [-0.39, 0.29) is 0 Å². The second kappa shape index (κ2) is 5.69. The number of carbonyl (C=O) groups is 1. The van der Waals surface area contributed by atoms with Gasteiger partial charge in [0.1, 0.15) is 11.5 Å². The second-order valence-electron chi connectivity index (χ2n) is 5.51. The predicted molar refractivity (Wildman–Crippen MR) is 75.6 cm³/mol. The minimum absolute atomic E-state index is 0.297. The average molecular weight is 289 g/mol. The number of carbonyl (C=O) groups excluding carboxylic acids is 1. The molecule has 0 radical (unpaired) electrons. The summed E-state index contributed by atoms with van der Waals surface area (Å²) in [6, 6.07) is 1.76. The van der Waals surface area contributed by atoms with Crippen LogP contribution in [-0.2, 0) is 6.54 Å². The largest absolute Gasteiger partial charge is 0.445 e. The van der Waals surface area contributed by atoms with E-state index in [9.17, 15) is 4.79 Å². The van der Waals surface area contributed by atoms with Gasteiger partial charge in [0.25, 0.3) is 5.91 Å². The number of likely N-dealkylation sites (tertiary alicyclic amines) is 1. The fraction of sp³-hybridized carbons (Fsp3) is 0.500. The number of hydrogen-bond donors (Lipinski definition) is 2. The van der Waals surface area contributed by atoms with Crippen molar-refractivity contribution >= 4 is 5.91 Å². The lowest BCUT2D eigenvalue weighted by Gasteiger charge is -2.31. The number of aromatic nitrogens is 3. The van der Waals surface area contributed by atoms with E-state index in [1.54, 1.807) is 12.3 Å². The highest BCUT2D eigenvalue weighted by molar-refractivity contribution is 5.90. The Morgan fingerprint density at radius 2 is 2.48 bits per heavy atom. The molecule has 0 aliphatic carbocycles. The molecule has 2 aromatic rings. The number of rotatable bonds is 4. The molecule has 2 aromatic heterocycles. The Hall–Kier alpha value is -2.15. The van der Waals surface area contributed by atoms with Crippen molar-refractivity contribution in [3.05, 3.63) is 35.3 Å². The molecule has 1 aliphatic heterocycles. The molecular formula is C14H19N5O2. The zero-order valence-electron chi connectivity index (χ0n) is 12.0. The van der Waals surface area contributed by atoms with Crippen LogP contribution in [0.2, 0.25) is 0 Å². The van der Waals surface area contributed by atoms with Crippen molar-refractivity contribution in [2.24, 2.45) is 5.73 Å². The molecule has 1 unspecified atom stereocenters. The summed E-state index contributed by atoms with van der Waals surface area (Å²) in [6.07, 6.45) is 3.90. The highest BCUT2D eigenvalue weighted by Crippen LogP contribution is 2.26. The van der Waals surface area contributed by atoms with E-state index in [4.69, 9.17) is 10.2 Å². The fourth-order valence-corrected chi connectivity index (χ4v) is 2.79. The van der Waals surface area contributed by atoms with Crippen LogP contribution in [0.4, 0.5) is 0 Å². The number of aryl methyl sites for hydroxylation is 1. The number of hydrogen-bond acceptors (Lipinski definition) is 5. The summed E-state index contributed by atoms with van der Waals surface area (Å²) < 4.78 is 5.53. The van der Waals surface area contributed by atoms with Crippen molar-refractivity contribution in [2.45, 2.75) is 32.2 Å². The highest BCUT2D eigenvalue weighted by atomic mass is 16.4. The van der Waals surface area contributed by atoms with E-state index in [0.29, 0.717) is 18.2 Å². The lowest BCUT2D eigenvalue weighted by atomic mass is 9.94. The molecule has 3 N–H and O–H groups in total. The first-order valence-corrected chi connectivity index (χ1v) is 7.10. The van der Waals surface area contributed by atoms with Crippen LogP contribution < -0.4 is 5.73 Å². The Bertz CT molecular complexity index is 633. The minimum Gasteiger partial charge on any atom is -0.445 e. The lowest BCUT2D eigenvalue weighted by molar-refractivity contribution is 0.0995. The number of primary amides is 1. The summed E-state index contributed by atoms with van der Waals surface area (Å²) in [7, 11) is 0. The Morgan fingerprint density at radius 3 is 3.14 bits per heavy atom. The SMILES string of the molecule is Cc1cnc(CN2CCCC(c3cc(C(N)=O)n[nH]3)C2)o1. The summed E-state index contributed by atoms with van der Waals surface area (Å²) in [5, 5.41) is 6.88. The van der Waals surface area contributed by atoms with E-state index in [2.05, 4.69) is 20.1 Å². The zero-order valence-corrected chi connectivity index (χ0v) is 12.0. The molecule has 7 heteroatoms. The van der Waals surface area contributed by atoms with E-state index in [1.807, 2.05) is 6.92 Å². The molecule has 0 spiro atoms. The number of nitrogens with two attached hydrogens (primary N) is 1. The Balaban J connectivity index is 1.66. The second-order valence-corrected chi connectivity index (χ2v) is 5.51. The quantitative estimate of drug-likeness (QED) is 0.880. The average Bonchev–Trinajstić information content (AvgIpc) is 3.08. The molecule has 1 fully saturated rings. The first kappa shape index (κ1) is 13.8. The molecule has 0 bridgehead atoms. The van der Waals surface area contributed by atoms with E-state index >= 15 is 0 Å². The Kier molecular flexibility index (Phi) is 3.74. The number of nitrogens with one attached hydrogen (secondary N) is 1. The van der Waals surface area contributed by atoms with Gasteiger partial charge in [-0.2, -0.15) is 5.10 Å². The lowest BCUT2D eigenvalue weighted by Crippen LogP contribution is -2.34. The summed E-state index contributed by atoms with van der Waals surface area (Å²) in [5.74, 6) is 1.41. The number of aromatic amines is 1. The number of H-pyrrole nitrogens is 1. The Labute approximate surface area is 122 Å². The van der Waals surface area contributed by atoms with Gasteiger partial charge in [0, 0.05) is 18.2 Å². The van der Waals surface area contributed by atoms with Crippen molar-refractivity contribution in [3.63, 3.8) is 0 Å². The van der Waals surface area contributed by atoms with Crippen molar-refractivity contribution in [1.29, 1.82) is 0 Å². The van der Waals surface area contributed by atoms with E-state index < -0.39 is 5.91 Å². The molecule has 112 valence electrons. The molecule has 1 aliphatic rings. The maximum absolute atomic E-state index is 11.1. The molecule has 0 saturated carbocycles. The van der Waals surface area contributed by atoms with Crippen molar-refractivity contribution in [2.75, 3.05) is 13.1 Å². The van der Waals surface area contributed by atoms with Gasteiger partial charge < -0.3 is 10.2 Å². The summed E-state index contributed by atoms with van der Waals surface area (Å²) in [6.45, 7) is 4.52. The van der Waals surface area contributed by atoms with Gasteiger partial charge in [0.05, 0.1) is 12.7 Å². The van der Waals surface area contributed by atoms with Gasteiger partial charge in [0.2, 0.25) is 5.89 Å². The molecule has 3 heterocycles. The van der Waals surface area contributed by atoms with Gasteiger partial charge in [-0.15, -0.1) is 0 Å². The smallest absolute Gasteiger partial charge is 0.269 e. The molecule has 21 heavy (non-hydrogen) atoms. The number of amides is 1. The third kappa shape index (κ3) is 3.13. The first-order chi connectivity index (χ1) is 10.1. The normalized spacial score (nSPS) is 19.8. The predicted octanol–water partition coefficient (Wildman–Crippen LogP) is 1.18. The van der Waals surface area contributed by atoms with Crippen LogP contribution in [0.15, 0.2) is 16.7 Å². The fourth-order valence-electron chi connectivity index (χ4n) is 2.79. The number of nitrogens with zero attached hydrogens (tertiary/aromatic N) is 3. The minimum atomic E-state index is -0.500. The maximum Gasteiger partial charge on any atom is 0.269 e. The zero-order chi connectivity index (χ0) is 14.8. The van der Waals surface area contributed by atoms with E-state index in [1.165, 1.54) is 0 Å². The summed E-state index contributed by atoms with van der Waals surface area (Å²) in [5.41, 5.74) is 6.50. The van der Waals surface area contributed by atoms with Crippen LogP contribution in [0.3, 0.4) is 0 Å². The van der Waals surface area contributed by atoms with Crippen LogP contribution in [0.5, 0.6) is 0 Å². The van der Waals surface area contributed by atoms with Crippen LogP contribution in [0.25, 0.3) is 0 Å². The summed E-state index contributed by atoms with van der Waals surface area (Å²) >= 11 is 0. The molecule has 3 rings (SSSR count). The van der Waals surface area contributed by atoms with Crippen LogP contribution in [-0.4, -0.2) is 39.1 Å². The van der Waals surface area contributed by atoms with Crippen LogP contribution >= 0.6 is 0 Å². The van der Waals surface area contributed by atoms with Gasteiger partial charge in [-0.25, -0.2) is 4.98 Å². The standard InChI is InChI=1S/C14H19N5O2/c1-9-6-16-13(21-9)8-19-4-2-3-10(7-19)11-5-12(14(15)20)18-17-11/h5-6,10H,2-4,7-8H2,1H3,(H2,15,20)(H,17,18). The monoisotopic (exact) mass is 289 g/mol. The first-order valence-electron chi connectivity index (χ1n) is 7.10. The molecule has 1 amide bonds. The summed E-state index contributed by atoms with van der Waals surface area (Å²) in [4.78, 5) is 17.7. The topological polar surface area (TPSA) is 101 Å². The van der Waals surface area contributed by atoms with Gasteiger partial charge in [0.15, 0.2) is 0 Å². The third-order valence-corrected chi connectivity index (χ3v) is 3.82. The number of oxazole rings is 1.